The molecule has 1 aromatic heterocycles. The van der Waals surface area contributed by atoms with Gasteiger partial charge in [-0.2, -0.15) is 0 Å². The molecule has 0 aliphatic rings. The third-order valence-electron chi connectivity index (χ3n) is 2.52. The Labute approximate surface area is 103 Å². The van der Waals surface area contributed by atoms with E-state index in [1.165, 1.54) is 0 Å². The minimum Gasteiger partial charge on any atom is -0.481 e. The van der Waals surface area contributed by atoms with Crippen LogP contribution in [0.15, 0.2) is 30.5 Å². The predicted octanol–water partition coefficient (Wildman–Crippen LogP) is 2.37. The molecule has 0 radical (unpaired) electrons. The highest BCUT2D eigenvalue weighted by atomic mass is 35.5. The van der Waals surface area contributed by atoms with Crippen molar-refractivity contribution in [3.63, 3.8) is 0 Å². The Morgan fingerprint density at radius 2 is 2.06 bits per heavy atom. The fourth-order valence-electron chi connectivity index (χ4n) is 1.63. The van der Waals surface area contributed by atoms with Crippen molar-refractivity contribution < 1.29 is 9.90 Å². The highest BCUT2D eigenvalue weighted by Crippen LogP contribution is 2.20. The van der Waals surface area contributed by atoms with Gasteiger partial charge >= 0.3 is 5.97 Å². The van der Waals surface area contributed by atoms with Gasteiger partial charge in [0.1, 0.15) is 5.82 Å². The Bertz CT molecular complexity index is 546. The quantitative estimate of drug-likeness (QED) is 0.910. The second-order valence-corrected chi connectivity index (χ2v) is 4.15. The third-order valence-corrected chi connectivity index (χ3v) is 2.77. The zero-order chi connectivity index (χ0) is 12.4. The molecule has 1 aromatic carbocycles. The van der Waals surface area contributed by atoms with E-state index in [1.807, 2.05) is 12.1 Å². The van der Waals surface area contributed by atoms with Gasteiger partial charge in [-0.3, -0.25) is 4.79 Å². The van der Waals surface area contributed by atoms with Crippen LogP contribution in [-0.4, -0.2) is 20.6 Å². The van der Waals surface area contributed by atoms with Crippen LogP contribution in [0.1, 0.15) is 5.69 Å². The largest absolute Gasteiger partial charge is 0.481 e. The summed E-state index contributed by atoms with van der Waals surface area (Å²) in [5.74, 6) is -0.131. The molecule has 2 rings (SSSR count). The summed E-state index contributed by atoms with van der Waals surface area (Å²) in [5.41, 5.74) is 1.58. The van der Waals surface area contributed by atoms with Gasteiger partial charge in [0.25, 0.3) is 0 Å². The first-order chi connectivity index (χ1) is 8.08. The number of hydrogen-bond donors (Lipinski definition) is 1. The number of aliphatic carboxylic acids is 1. The van der Waals surface area contributed by atoms with Crippen molar-refractivity contribution in [1.29, 1.82) is 0 Å². The number of nitrogens with zero attached hydrogens (tertiary/aromatic N) is 2. The summed E-state index contributed by atoms with van der Waals surface area (Å²) in [5, 5.41) is 9.41. The number of carboxylic acids is 1. The molecule has 5 heteroatoms. The van der Waals surface area contributed by atoms with E-state index in [9.17, 15) is 4.79 Å². The molecule has 0 atom stereocenters. The van der Waals surface area contributed by atoms with Crippen molar-refractivity contribution in [3.05, 3.63) is 41.2 Å². The van der Waals surface area contributed by atoms with Crippen LogP contribution < -0.4 is 0 Å². The van der Waals surface area contributed by atoms with Gasteiger partial charge < -0.3 is 9.67 Å². The fraction of sp³-hybridized carbons (Fsp3) is 0.167. The first kappa shape index (κ1) is 11.7. The molecule has 2 aromatic rings. The van der Waals surface area contributed by atoms with Crippen LogP contribution in [0.3, 0.4) is 0 Å². The molecule has 0 amide bonds. The van der Waals surface area contributed by atoms with Crippen molar-refractivity contribution in [3.8, 4) is 11.4 Å². The molecule has 0 spiro atoms. The lowest BCUT2D eigenvalue weighted by Crippen LogP contribution is -2.05. The molecule has 0 unspecified atom stereocenters. The maximum atomic E-state index is 10.7. The Balaban J connectivity index is 2.37. The smallest absolute Gasteiger partial charge is 0.309 e. The average Bonchev–Trinajstić information content (AvgIpc) is 2.61. The normalized spacial score (nSPS) is 10.5. The minimum absolute atomic E-state index is 0.0307. The topological polar surface area (TPSA) is 55.1 Å². The van der Waals surface area contributed by atoms with Crippen molar-refractivity contribution >= 4 is 17.6 Å². The Morgan fingerprint density at radius 3 is 2.65 bits per heavy atom. The molecule has 0 saturated carbocycles. The van der Waals surface area contributed by atoms with E-state index in [-0.39, 0.29) is 6.42 Å². The van der Waals surface area contributed by atoms with Crippen LogP contribution in [-0.2, 0) is 18.3 Å². The monoisotopic (exact) mass is 250 g/mol. The number of hydrogen-bond acceptors (Lipinski definition) is 2. The summed E-state index contributed by atoms with van der Waals surface area (Å²) in [7, 11) is 1.80. The van der Waals surface area contributed by atoms with Crippen molar-refractivity contribution in [1.82, 2.24) is 9.55 Å². The van der Waals surface area contributed by atoms with E-state index in [4.69, 9.17) is 16.7 Å². The third kappa shape index (κ3) is 2.47. The molecule has 88 valence electrons. The summed E-state index contributed by atoms with van der Waals surface area (Å²) in [4.78, 5) is 14.9. The molecule has 4 nitrogen and oxygen atoms in total. The van der Waals surface area contributed by atoms with Gasteiger partial charge in [-0.05, 0) is 24.3 Å². The van der Waals surface area contributed by atoms with Gasteiger partial charge in [-0.15, -0.1) is 0 Å². The molecule has 17 heavy (non-hydrogen) atoms. The summed E-state index contributed by atoms with van der Waals surface area (Å²) in [6.07, 6.45) is 1.55. The first-order valence-electron chi connectivity index (χ1n) is 5.06. The molecule has 0 fully saturated rings. The SMILES string of the molecule is Cn1c(CC(=O)O)cnc1-c1ccc(Cl)cc1. The summed E-state index contributed by atoms with van der Waals surface area (Å²) >= 11 is 5.81. The number of aromatic nitrogens is 2. The zero-order valence-electron chi connectivity index (χ0n) is 9.22. The second-order valence-electron chi connectivity index (χ2n) is 3.71. The van der Waals surface area contributed by atoms with Crippen LogP contribution >= 0.6 is 11.6 Å². The van der Waals surface area contributed by atoms with Gasteiger partial charge in [0, 0.05) is 29.5 Å². The Morgan fingerprint density at radius 1 is 1.41 bits per heavy atom. The van der Waals surface area contributed by atoms with E-state index in [2.05, 4.69) is 4.98 Å². The standard InChI is InChI=1S/C12H11ClN2O2/c1-15-10(6-11(16)17)7-14-12(15)8-2-4-9(13)5-3-8/h2-5,7H,6H2,1H3,(H,16,17). The van der Waals surface area contributed by atoms with Gasteiger partial charge in [-0.1, -0.05) is 11.6 Å². The number of carboxylic acid groups (broad SMARTS) is 1. The summed E-state index contributed by atoms with van der Waals surface area (Å²) < 4.78 is 1.78. The number of rotatable bonds is 3. The van der Waals surface area contributed by atoms with Crippen molar-refractivity contribution in [2.75, 3.05) is 0 Å². The van der Waals surface area contributed by atoms with Gasteiger partial charge in [0.05, 0.1) is 6.42 Å². The Hall–Kier alpha value is -1.81. The molecule has 0 saturated heterocycles. The van der Waals surface area contributed by atoms with E-state index in [1.54, 1.807) is 29.9 Å². The van der Waals surface area contributed by atoms with Crippen LogP contribution in [0.25, 0.3) is 11.4 Å². The zero-order valence-corrected chi connectivity index (χ0v) is 9.98. The molecule has 0 bridgehead atoms. The average molecular weight is 251 g/mol. The second kappa shape index (κ2) is 4.59. The van der Waals surface area contributed by atoms with Crippen molar-refractivity contribution in [2.24, 2.45) is 7.05 Å². The maximum absolute atomic E-state index is 10.7. The molecular formula is C12H11ClN2O2. The predicted molar refractivity (Wildman–Crippen MR) is 65.0 cm³/mol. The van der Waals surface area contributed by atoms with Gasteiger partial charge in [0.15, 0.2) is 0 Å². The molecule has 0 aliphatic carbocycles. The minimum atomic E-state index is -0.865. The highest BCUT2D eigenvalue weighted by Gasteiger charge is 2.10. The van der Waals surface area contributed by atoms with E-state index in [0.717, 1.165) is 11.4 Å². The highest BCUT2D eigenvalue weighted by molar-refractivity contribution is 6.30. The lowest BCUT2D eigenvalue weighted by atomic mass is 10.2. The number of carbonyl (C=O) groups is 1. The molecule has 0 aliphatic heterocycles. The van der Waals surface area contributed by atoms with Crippen LogP contribution in [0.5, 0.6) is 0 Å². The maximum Gasteiger partial charge on any atom is 0.309 e. The summed E-state index contributed by atoms with van der Waals surface area (Å²) in [6.45, 7) is 0. The van der Waals surface area contributed by atoms with Crippen LogP contribution in [0.2, 0.25) is 5.02 Å². The number of halogens is 1. The number of imidazole rings is 1. The first-order valence-corrected chi connectivity index (χ1v) is 5.44. The lowest BCUT2D eigenvalue weighted by Gasteiger charge is -2.04. The van der Waals surface area contributed by atoms with E-state index in [0.29, 0.717) is 10.7 Å². The van der Waals surface area contributed by atoms with Crippen LogP contribution in [0, 0.1) is 0 Å². The summed E-state index contributed by atoms with van der Waals surface area (Å²) in [6, 6.07) is 7.27. The molecule has 1 N–H and O–H groups in total. The van der Waals surface area contributed by atoms with Crippen molar-refractivity contribution in [2.45, 2.75) is 6.42 Å². The lowest BCUT2D eigenvalue weighted by molar-refractivity contribution is -0.136. The van der Waals surface area contributed by atoms with Crippen LogP contribution in [0.4, 0.5) is 0 Å². The van der Waals surface area contributed by atoms with E-state index < -0.39 is 5.97 Å². The molecule has 1 heterocycles. The van der Waals surface area contributed by atoms with Gasteiger partial charge in [0.2, 0.25) is 0 Å². The Kier molecular flexibility index (Phi) is 3.15. The number of benzene rings is 1. The molecular weight excluding hydrogens is 240 g/mol. The van der Waals surface area contributed by atoms with Gasteiger partial charge in [-0.25, -0.2) is 4.98 Å². The van der Waals surface area contributed by atoms with E-state index >= 15 is 0 Å². The fourth-order valence-corrected chi connectivity index (χ4v) is 1.76.